The SMILES string of the molecule is COc1ccc(S(=O)(=O)Nc2cccc3c2O[C@H](CN(C)S(=O)(=O)c2cccs2)[C@@H](C)CN([C@H](C)CO)C3=O)cc1. The highest BCUT2D eigenvalue weighted by Crippen LogP contribution is 2.36. The molecule has 1 aliphatic heterocycles. The predicted octanol–water partition coefficient (Wildman–Crippen LogP) is 3.10. The average Bonchev–Trinajstić information content (AvgIpc) is 3.51. The lowest BCUT2D eigenvalue weighted by Gasteiger charge is -2.38. The van der Waals surface area contributed by atoms with Gasteiger partial charge >= 0.3 is 0 Å². The number of aliphatic hydroxyl groups excluding tert-OH is 1. The number of anilines is 1. The van der Waals surface area contributed by atoms with Crippen molar-refractivity contribution in [1.82, 2.24) is 9.21 Å². The number of hydrogen-bond donors (Lipinski definition) is 2. The van der Waals surface area contributed by atoms with Crippen LogP contribution >= 0.6 is 11.3 Å². The quantitative estimate of drug-likeness (QED) is 0.351. The van der Waals surface area contributed by atoms with Gasteiger partial charge in [0.15, 0.2) is 5.75 Å². The molecule has 41 heavy (non-hydrogen) atoms. The Morgan fingerprint density at radius 3 is 2.46 bits per heavy atom. The van der Waals surface area contributed by atoms with Gasteiger partial charge in [-0.3, -0.25) is 9.52 Å². The topological polar surface area (TPSA) is 143 Å². The van der Waals surface area contributed by atoms with Crippen LogP contribution < -0.4 is 14.2 Å². The number of sulfonamides is 2. The molecule has 0 saturated carbocycles. The highest BCUT2D eigenvalue weighted by molar-refractivity contribution is 7.92. The molecule has 1 aliphatic rings. The molecule has 0 spiro atoms. The van der Waals surface area contributed by atoms with Crippen molar-refractivity contribution in [3.8, 4) is 11.5 Å². The number of methoxy groups -OCH3 is 1. The third kappa shape index (κ3) is 6.51. The van der Waals surface area contributed by atoms with E-state index in [9.17, 15) is 26.7 Å². The third-order valence-electron chi connectivity index (χ3n) is 6.90. The van der Waals surface area contributed by atoms with Gasteiger partial charge in [0.2, 0.25) is 0 Å². The maximum absolute atomic E-state index is 13.7. The molecule has 0 saturated heterocycles. The van der Waals surface area contributed by atoms with Gasteiger partial charge in [-0.05, 0) is 54.8 Å². The smallest absolute Gasteiger partial charge is 0.262 e. The molecule has 3 atom stereocenters. The van der Waals surface area contributed by atoms with Gasteiger partial charge < -0.3 is 19.5 Å². The Hall–Kier alpha value is -3.17. The van der Waals surface area contributed by atoms with Crippen molar-refractivity contribution >= 4 is 43.0 Å². The molecule has 0 radical (unpaired) electrons. The van der Waals surface area contributed by atoms with E-state index in [0.717, 1.165) is 11.3 Å². The van der Waals surface area contributed by atoms with Gasteiger partial charge in [0.05, 0.1) is 42.4 Å². The highest BCUT2D eigenvalue weighted by Gasteiger charge is 2.36. The largest absolute Gasteiger partial charge is 0.497 e. The van der Waals surface area contributed by atoms with Crippen molar-refractivity contribution < 1.29 is 36.2 Å². The maximum atomic E-state index is 13.7. The number of nitrogens with zero attached hydrogens (tertiary/aromatic N) is 2. The summed E-state index contributed by atoms with van der Waals surface area (Å²) in [6.07, 6.45) is -0.776. The summed E-state index contributed by atoms with van der Waals surface area (Å²) >= 11 is 1.10. The average molecular weight is 624 g/mol. The van der Waals surface area contributed by atoms with Crippen LogP contribution in [0, 0.1) is 5.92 Å². The first-order valence-corrected chi connectivity index (χ1v) is 16.6. The van der Waals surface area contributed by atoms with Crippen molar-refractivity contribution in [3.05, 3.63) is 65.5 Å². The number of benzene rings is 2. The van der Waals surface area contributed by atoms with Crippen LogP contribution in [0.1, 0.15) is 24.2 Å². The van der Waals surface area contributed by atoms with Crippen LogP contribution in [-0.2, 0) is 20.0 Å². The summed E-state index contributed by atoms with van der Waals surface area (Å²) in [6, 6.07) is 12.9. The minimum absolute atomic E-state index is 0.0196. The number of thiophene rings is 1. The molecule has 1 amide bonds. The molecule has 2 heterocycles. The van der Waals surface area contributed by atoms with Crippen molar-refractivity contribution in [2.75, 3.05) is 38.6 Å². The summed E-state index contributed by atoms with van der Waals surface area (Å²) < 4.78 is 68.3. The van der Waals surface area contributed by atoms with Crippen molar-refractivity contribution in [1.29, 1.82) is 0 Å². The number of ether oxygens (including phenoxy) is 2. The van der Waals surface area contributed by atoms with Gasteiger partial charge in [-0.2, -0.15) is 4.31 Å². The zero-order valence-corrected chi connectivity index (χ0v) is 25.5. The van der Waals surface area contributed by atoms with Crippen LogP contribution in [0.4, 0.5) is 5.69 Å². The second kappa shape index (κ2) is 12.4. The molecule has 1 aromatic heterocycles. The number of likely N-dealkylation sites (N-methyl/N-ethyl adjacent to an activating group) is 1. The molecular formula is C27H33N3O8S3. The monoisotopic (exact) mass is 623 g/mol. The minimum atomic E-state index is -4.11. The number of fused-ring (bicyclic) bond motifs is 1. The molecule has 0 bridgehead atoms. The van der Waals surface area contributed by atoms with Crippen LogP contribution in [0.5, 0.6) is 11.5 Å². The van der Waals surface area contributed by atoms with E-state index in [-0.39, 0.29) is 45.8 Å². The van der Waals surface area contributed by atoms with Crippen molar-refractivity contribution in [3.63, 3.8) is 0 Å². The summed E-state index contributed by atoms with van der Waals surface area (Å²) in [6.45, 7) is 3.33. The molecule has 0 aliphatic carbocycles. The van der Waals surface area contributed by atoms with Gasteiger partial charge in [-0.1, -0.05) is 19.1 Å². The molecular weight excluding hydrogens is 591 g/mol. The fraction of sp³-hybridized carbons (Fsp3) is 0.370. The van der Waals surface area contributed by atoms with E-state index in [1.54, 1.807) is 18.4 Å². The molecule has 4 rings (SSSR count). The Kier molecular flexibility index (Phi) is 9.29. The number of para-hydroxylation sites is 1. The van der Waals surface area contributed by atoms with Crippen molar-refractivity contribution in [2.24, 2.45) is 5.92 Å². The van der Waals surface area contributed by atoms with E-state index < -0.39 is 44.0 Å². The Labute approximate surface area is 244 Å². The van der Waals surface area contributed by atoms with Crippen LogP contribution in [-0.4, -0.2) is 83.1 Å². The number of carbonyl (C=O) groups is 1. The first kappa shape index (κ1) is 30.8. The van der Waals surface area contributed by atoms with E-state index in [0.29, 0.717) is 5.75 Å². The summed E-state index contributed by atoms with van der Waals surface area (Å²) in [5.74, 6) is -0.382. The van der Waals surface area contributed by atoms with E-state index >= 15 is 0 Å². The lowest BCUT2D eigenvalue weighted by Crippen LogP contribution is -2.50. The van der Waals surface area contributed by atoms with E-state index in [1.807, 2.05) is 6.92 Å². The third-order valence-corrected chi connectivity index (χ3v) is 11.5. The Balaban J connectivity index is 1.76. The number of nitrogens with one attached hydrogen (secondary N) is 1. The molecule has 2 aromatic carbocycles. The first-order valence-electron chi connectivity index (χ1n) is 12.8. The first-order chi connectivity index (χ1) is 19.4. The van der Waals surface area contributed by atoms with E-state index in [1.165, 1.54) is 71.9 Å². The van der Waals surface area contributed by atoms with Crippen molar-refractivity contribution in [2.45, 2.75) is 35.1 Å². The lowest BCUT2D eigenvalue weighted by molar-refractivity contribution is 0.0389. The fourth-order valence-electron chi connectivity index (χ4n) is 4.42. The minimum Gasteiger partial charge on any atom is -0.497 e. The number of rotatable bonds is 10. The maximum Gasteiger partial charge on any atom is 0.262 e. The molecule has 14 heteroatoms. The number of aliphatic hydroxyl groups is 1. The summed E-state index contributed by atoms with van der Waals surface area (Å²) in [5, 5.41) is 11.6. The van der Waals surface area contributed by atoms with Crippen LogP contribution in [0.25, 0.3) is 0 Å². The van der Waals surface area contributed by atoms with Gasteiger partial charge in [0, 0.05) is 19.5 Å². The zero-order valence-electron chi connectivity index (χ0n) is 23.1. The normalized spacial score (nSPS) is 18.7. The number of carbonyl (C=O) groups excluding carboxylic acids is 1. The number of hydrogen-bond acceptors (Lipinski definition) is 9. The summed E-state index contributed by atoms with van der Waals surface area (Å²) in [5.41, 5.74) is 0.104. The molecule has 0 fully saturated rings. The standard InChI is InChI=1S/C27H33N3O8S3/c1-18-15-30(19(2)17-31)27(32)22-7-5-8-23(28-40(33,34)21-12-10-20(37-4)11-13-21)26(22)38-24(18)16-29(3)41(35,36)25-9-6-14-39-25/h5-14,18-19,24,28,31H,15-17H2,1-4H3/t18-,19+,24+/m0/s1. The molecule has 11 nitrogen and oxygen atoms in total. The summed E-state index contributed by atoms with van der Waals surface area (Å²) in [4.78, 5) is 15.1. The molecule has 0 unspecified atom stereocenters. The fourth-order valence-corrected chi connectivity index (χ4v) is 7.86. The highest BCUT2D eigenvalue weighted by atomic mass is 32.2. The lowest BCUT2D eigenvalue weighted by atomic mass is 9.99. The predicted molar refractivity (Wildman–Crippen MR) is 156 cm³/mol. The second-order valence-electron chi connectivity index (χ2n) is 9.80. The Morgan fingerprint density at radius 1 is 1.15 bits per heavy atom. The van der Waals surface area contributed by atoms with Gasteiger partial charge in [-0.15, -0.1) is 11.3 Å². The van der Waals surface area contributed by atoms with Crippen LogP contribution in [0.15, 0.2) is 69.1 Å². The zero-order chi connectivity index (χ0) is 29.9. The second-order valence-corrected chi connectivity index (χ2v) is 14.7. The van der Waals surface area contributed by atoms with Gasteiger partial charge in [0.1, 0.15) is 16.1 Å². The summed E-state index contributed by atoms with van der Waals surface area (Å²) in [7, 11) is -5.00. The Morgan fingerprint density at radius 2 is 1.85 bits per heavy atom. The molecule has 2 N–H and O–H groups in total. The van der Waals surface area contributed by atoms with Gasteiger partial charge in [-0.25, -0.2) is 16.8 Å². The number of amides is 1. The van der Waals surface area contributed by atoms with E-state index in [2.05, 4.69) is 4.72 Å². The van der Waals surface area contributed by atoms with E-state index in [4.69, 9.17) is 9.47 Å². The van der Waals surface area contributed by atoms with Gasteiger partial charge in [0.25, 0.3) is 26.0 Å². The Bertz CT molecular complexity index is 1580. The molecule has 222 valence electrons. The molecule has 3 aromatic rings. The van der Waals surface area contributed by atoms with Crippen LogP contribution in [0.3, 0.4) is 0 Å². The van der Waals surface area contributed by atoms with Crippen LogP contribution in [0.2, 0.25) is 0 Å².